The van der Waals surface area contributed by atoms with Crippen LogP contribution in [0.15, 0.2) is 59.6 Å². The predicted octanol–water partition coefficient (Wildman–Crippen LogP) is 3.36. The van der Waals surface area contributed by atoms with Crippen LogP contribution in [0, 0.1) is 6.92 Å². The van der Waals surface area contributed by atoms with E-state index in [1.54, 1.807) is 11.8 Å². The van der Waals surface area contributed by atoms with Gasteiger partial charge in [-0.3, -0.25) is 4.79 Å². The van der Waals surface area contributed by atoms with Crippen molar-refractivity contribution in [2.45, 2.75) is 18.6 Å². The summed E-state index contributed by atoms with van der Waals surface area (Å²) in [7, 11) is 0. The molecule has 4 nitrogen and oxygen atoms in total. The number of hydrogen-bond acceptors (Lipinski definition) is 4. The number of benzene rings is 2. The highest BCUT2D eigenvalue weighted by Gasteiger charge is 2.32. The van der Waals surface area contributed by atoms with Crippen molar-refractivity contribution >= 4 is 28.5 Å². The zero-order chi connectivity index (χ0) is 17.9. The third-order valence-electron chi connectivity index (χ3n) is 4.94. The first-order valence-electron chi connectivity index (χ1n) is 9.09. The van der Waals surface area contributed by atoms with Crippen molar-refractivity contribution in [3.8, 4) is 0 Å². The summed E-state index contributed by atoms with van der Waals surface area (Å²) >= 11 is 1.63. The zero-order valence-electron chi connectivity index (χ0n) is 15.0. The molecule has 2 aliphatic rings. The van der Waals surface area contributed by atoms with Crippen molar-refractivity contribution in [2.75, 3.05) is 31.1 Å². The van der Waals surface area contributed by atoms with Gasteiger partial charge in [0.05, 0.1) is 5.25 Å². The number of anilines is 1. The van der Waals surface area contributed by atoms with Crippen molar-refractivity contribution in [1.82, 2.24) is 4.90 Å². The van der Waals surface area contributed by atoms with Crippen LogP contribution in [0.3, 0.4) is 0 Å². The molecule has 0 aromatic heterocycles. The molecule has 5 heteroatoms. The Morgan fingerprint density at radius 3 is 2.31 bits per heavy atom. The second kappa shape index (κ2) is 7.54. The quantitative estimate of drug-likeness (QED) is 0.836. The molecule has 134 valence electrons. The van der Waals surface area contributed by atoms with Crippen LogP contribution in [0.2, 0.25) is 0 Å². The summed E-state index contributed by atoms with van der Waals surface area (Å²) in [5, 5.41) is 0.821. The Hall–Kier alpha value is -2.27. The van der Waals surface area contributed by atoms with Crippen LogP contribution in [0.5, 0.6) is 0 Å². The number of carbonyl (C=O) groups excluding carboxylic acids is 1. The SMILES string of the molecule is Cc1ccc(N2CCN(C3=NC(=O)C(Cc4ccccc4)S3)CC2)cc1. The Labute approximate surface area is 158 Å². The third-order valence-corrected chi connectivity index (χ3v) is 6.16. The zero-order valence-corrected chi connectivity index (χ0v) is 15.8. The molecule has 2 heterocycles. The van der Waals surface area contributed by atoms with E-state index in [-0.39, 0.29) is 11.2 Å². The summed E-state index contributed by atoms with van der Waals surface area (Å²) in [6, 6.07) is 18.9. The summed E-state index contributed by atoms with van der Waals surface area (Å²) in [5.74, 6) is 0.00909. The first-order chi connectivity index (χ1) is 12.7. The van der Waals surface area contributed by atoms with Crippen LogP contribution >= 0.6 is 11.8 Å². The second-order valence-electron chi connectivity index (χ2n) is 6.84. The van der Waals surface area contributed by atoms with Crippen LogP contribution in [0.4, 0.5) is 5.69 Å². The highest BCUT2D eigenvalue weighted by Crippen LogP contribution is 2.28. The minimum absolute atomic E-state index is 0.00909. The monoisotopic (exact) mass is 365 g/mol. The van der Waals surface area contributed by atoms with E-state index in [0.717, 1.165) is 37.8 Å². The fourth-order valence-electron chi connectivity index (χ4n) is 3.38. The van der Waals surface area contributed by atoms with Gasteiger partial charge in [-0.1, -0.05) is 59.8 Å². The standard InChI is InChI=1S/C21H23N3OS/c1-16-7-9-18(10-8-16)23-11-13-24(14-12-23)21-22-20(25)19(26-21)15-17-5-3-2-4-6-17/h2-10,19H,11-15H2,1H3. The fourth-order valence-corrected chi connectivity index (χ4v) is 4.54. The van der Waals surface area contributed by atoms with E-state index in [1.165, 1.54) is 16.8 Å². The van der Waals surface area contributed by atoms with Gasteiger partial charge in [0.2, 0.25) is 0 Å². The minimum Gasteiger partial charge on any atom is -0.368 e. The number of rotatable bonds is 3. The molecule has 0 bridgehead atoms. The molecule has 1 saturated heterocycles. The number of aryl methyl sites for hydroxylation is 1. The van der Waals surface area contributed by atoms with Crippen LogP contribution < -0.4 is 4.90 Å². The molecule has 4 rings (SSSR count). The van der Waals surface area contributed by atoms with Gasteiger partial charge in [0.15, 0.2) is 5.17 Å². The number of amidine groups is 1. The molecular formula is C21H23N3OS. The summed E-state index contributed by atoms with van der Waals surface area (Å²) < 4.78 is 0. The second-order valence-corrected chi connectivity index (χ2v) is 8.01. The van der Waals surface area contributed by atoms with E-state index in [4.69, 9.17) is 0 Å². The number of nitrogens with zero attached hydrogens (tertiary/aromatic N) is 3. The Morgan fingerprint density at radius 1 is 0.962 bits per heavy atom. The van der Waals surface area contributed by atoms with Gasteiger partial charge >= 0.3 is 0 Å². The minimum atomic E-state index is -0.0810. The van der Waals surface area contributed by atoms with E-state index >= 15 is 0 Å². The molecule has 1 fully saturated rings. The van der Waals surface area contributed by atoms with Gasteiger partial charge in [0, 0.05) is 31.9 Å². The maximum absolute atomic E-state index is 12.3. The highest BCUT2D eigenvalue weighted by atomic mass is 32.2. The Kier molecular flexibility index (Phi) is 4.98. The van der Waals surface area contributed by atoms with Gasteiger partial charge in [-0.05, 0) is 31.0 Å². The number of aliphatic imine (C=N–C) groups is 1. The van der Waals surface area contributed by atoms with E-state index in [0.29, 0.717) is 0 Å². The lowest BCUT2D eigenvalue weighted by Crippen LogP contribution is -2.47. The van der Waals surface area contributed by atoms with Crippen LogP contribution in [-0.2, 0) is 11.2 Å². The summed E-state index contributed by atoms with van der Waals surface area (Å²) in [6.07, 6.45) is 0.751. The molecular weight excluding hydrogens is 342 g/mol. The van der Waals surface area contributed by atoms with Crippen molar-refractivity contribution in [3.63, 3.8) is 0 Å². The lowest BCUT2D eigenvalue weighted by atomic mass is 10.1. The van der Waals surface area contributed by atoms with Crippen molar-refractivity contribution in [1.29, 1.82) is 0 Å². The van der Waals surface area contributed by atoms with Gasteiger partial charge in [0.25, 0.3) is 5.91 Å². The molecule has 0 saturated carbocycles. The number of hydrogen-bond donors (Lipinski definition) is 0. The maximum atomic E-state index is 12.3. The number of thioether (sulfide) groups is 1. The molecule has 0 aliphatic carbocycles. The van der Waals surface area contributed by atoms with Crippen LogP contribution in [0.1, 0.15) is 11.1 Å². The first kappa shape index (κ1) is 17.2. The molecule has 1 unspecified atom stereocenters. The largest absolute Gasteiger partial charge is 0.368 e. The van der Waals surface area contributed by atoms with Crippen LogP contribution in [0.25, 0.3) is 0 Å². The van der Waals surface area contributed by atoms with Gasteiger partial charge in [-0.25, -0.2) is 0 Å². The number of amides is 1. The molecule has 0 radical (unpaired) electrons. The van der Waals surface area contributed by atoms with Crippen LogP contribution in [-0.4, -0.2) is 47.4 Å². The Bertz CT molecular complexity index is 796. The highest BCUT2D eigenvalue weighted by molar-refractivity contribution is 8.15. The van der Waals surface area contributed by atoms with E-state index in [1.807, 2.05) is 18.2 Å². The molecule has 2 aromatic rings. The number of piperazine rings is 1. The average molecular weight is 366 g/mol. The van der Waals surface area contributed by atoms with E-state index in [2.05, 4.69) is 58.1 Å². The molecule has 1 amide bonds. The third kappa shape index (κ3) is 3.78. The molecule has 0 N–H and O–H groups in total. The molecule has 26 heavy (non-hydrogen) atoms. The fraction of sp³-hybridized carbons (Fsp3) is 0.333. The van der Waals surface area contributed by atoms with Gasteiger partial charge in [-0.15, -0.1) is 0 Å². The number of carbonyl (C=O) groups is 1. The predicted molar refractivity (Wildman–Crippen MR) is 109 cm³/mol. The van der Waals surface area contributed by atoms with Crippen molar-refractivity contribution in [2.24, 2.45) is 4.99 Å². The van der Waals surface area contributed by atoms with E-state index in [9.17, 15) is 4.79 Å². The summed E-state index contributed by atoms with van der Waals surface area (Å²) in [4.78, 5) is 21.3. The summed E-state index contributed by atoms with van der Waals surface area (Å²) in [5.41, 5.74) is 3.75. The summed E-state index contributed by atoms with van der Waals surface area (Å²) in [6.45, 7) is 5.84. The van der Waals surface area contributed by atoms with Crippen molar-refractivity contribution in [3.05, 3.63) is 65.7 Å². The lowest BCUT2D eigenvalue weighted by Gasteiger charge is -2.36. The lowest BCUT2D eigenvalue weighted by molar-refractivity contribution is -0.117. The molecule has 2 aromatic carbocycles. The Balaban J connectivity index is 1.34. The first-order valence-corrected chi connectivity index (χ1v) is 9.97. The maximum Gasteiger partial charge on any atom is 0.262 e. The van der Waals surface area contributed by atoms with Gasteiger partial charge < -0.3 is 9.80 Å². The normalized spacial score (nSPS) is 20.4. The average Bonchev–Trinajstić information content (AvgIpc) is 3.04. The van der Waals surface area contributed by atoms with Crippen molar-refractivity contribution < 1.29 is 4.79 Å². The smallest absolute Gasteiger partial charge is 0.262 e. The Morgan fingerprint density at radius 2 is 1.62 bits per heavy atom. The molecule has 0 spiro atoms. The van der Waals surface area contributed by atoms with Gasteiger partial charge in [-0.2, -0.15) is 4.99 Å². The molecule has 2 aliphatic heterocycles. The van der Waals surface area contributed by atoms with E-state index < -0.39 is 0 Å². The van der Waals surface area contributed by atoms with Gasteiger partial charge in [0.1, 0.15) is 0 Å². The topological polar surface area (TPSA) is 35.9 Å². The molecule has 1 atom stereocenters.